The molecule has 0 aliphatic heterocycles. The molecule has 0 saturated carbocycles. The molecule has 1 aromatic heterocycles. The van der Waals surface area contributed by atoms with Crippen LogP contribution in [0.2, 0.25) is 0 Å². The van der Waals surface area contributed by atoms with Crippen molar-refractivity contribution >= 4 is 39.3 Å². The quantitative estimate of drug-likeness (QED) is 0.497. The molecule has 0 aliphatic carbocycles. The van der Waals surface area contributed by atoms with Crippen LogP contribution in [-0.4, -0.2) is 26.4 Å². The number of halogens is 1. The molecule has 8 heteroatoms. The van der Waals surface area contributed by atoms with Gasteiger partial charge in [-0.3, -0.25) is 4.79 Å². The van der Waals surface area contributed by atoms with E-state index >= 15 is 0 Å². The lowest BCUT2D eigenvalue weighted by Gasteiger charge is -2.11. The number of aryl methyl sites for hydroxylation is 3. The van der Waals surface area contributed by atoms with Crippen molar-refractivity contribution in [1.29, 1.82) is 0 Å². The van der Waals surface area contributed by atoms with Gasteiger partial charge in [0.2, 0.25) is 5.91 Å². The maximum atomic E-state index is 12.3. The molecular formula is C21H23BrN4O2S. The molecular weight excluding hydrogens is 452 g/mol. The van der Waals surface area contributed by atoms with Crippen molar-refractivity contribution in [1.82, 2.24) is 14.8 Å². The molecule has 0 unspecified atom stereocenters. The predicted octanol–water partition coefficient (Wildman–Crippen LogP) is 4.81. The Labute approximate surface area is 183 Å². The number of anilines is 1. The Kier molecular flexibility index (Phi) is 6.97. The lowest BCUT2D eigenvalue weighted by molar-refractivity contribution is -0.113. The van der Waals surface area contributed by atoms with Crippen molar-refractivity contribution in [2.45, 2.75) is 32.5 Å². The zero-order chi connectivity index (χ0) is 21.0. The number of nitrogens with one attached hydrogen (secondary N) is 1. The number of nitrogens with zero attached hydrogens (tertiary/aromatic N) is 3. The van der Waals surface area contributed by atoms with Crippen molar-refractivity contribution in [3.63, 3.8) is 0 Å². The fourth-order valence-corrected chi connectivity index (χ4v) is 3.79. The van der Waals surface area contributed by atoms with Crippen molar-refractivity contribution in [2.24, 2.45) is 7.05 Å². The number of thioether (sulfide) groups is 1. The molecule has 1 N–H and O–H groups in total. The summed E-state index contributed by atoms with van der Waals surface area (Å²) in [5, 5.41) is 12.0. The van der Waals surface area contributed by atoms with E-state index in [9.17, 15) is 4.79 Å². The number of carbonyl (C=O) groups is 1. The summed E-state index contributed by atoms with van der Waals surface area (Å²) in [5.41, 5.74) is 4.01. The van der Waals surface area contributed by atoms with Crippen LogP contribution < -0.4 is 10.1 Å². The first-order valence-electron chi connectivity index (χ1n) is 9.11. The summed E-state index contributed by atoms with van der Waals surface area (Å²) in [6.07, 6.45) is 0. The highest BCUT2D eigenvalue weighted by Crippen LogP contribution is 2.24. The third kappa shape index (κ3) is 5.39. The van der Waals surface area contributed by atoms with Crippen LogP contribution in [0.25, 0.3) is 0 Å². The second-order valence-corrected chi connectivity index (χ2v) is 8.57. The molecule has 1 amide bonds. The highest BCUT2D eigenvalue weighted by atomic mass is 79.9. The molecule has 0 atom stereocenters. The van der Waals surface area contributed by atoms with E-state index < -0.39 is 0 Å². The number of carbonyl (C=O) groups excluding carboxylic acids is 1. The second kappa shape index (κ2) is 9.45. The molecule has 29 heavy (non-hydrogen) atoms. The first-order valence-corrected chi connectivity index (χ1v) is 10.9. The van der Waals surface area contributed by atoms with Gasteiger partial charge in [-0.25, -0.2) is 0 Å². The molecule has 0 spiro atoms. The van der Waals surface area contributed by atoms with Crippen LogP contribution in [0, 0.1) is 20.8 Å². The van der Waals surface area contributed by atoms with Crippen LogP contribution in [0.1, 0.15) is 22.5 Å². The zero-order valence-corrected chi connectivity index (χ0v) is 19.2. The van der Waals surface area contributed by atoms with E-state index in [1.165, 1.54) is 11.8 Å². The van der Waals surface area contributed by atoms with Crippen LogP contribution in [-0.2, 0) is 18.4 Å². The normalized spacial score (nSPS) is 10.8. The predicted molar refractivity (Wildman–Crippen MR) is 119 cm³/mol. The Morgan fingerprint density at radius 2 is 1.86 bits per heavy atom. The minimum Gasteiger partial charge on any atom is -0.485 e. The molecule has 0 fully saturated rings. The van der Waals surface area contributed by atoms with E-state index in [1.807, 2.05) is 68.8 Å². The number of rotatable bonds is 7. The Morgan fingerprint density at radius 1 is 1.14 bits per heavy atom. The molecule has 0 saturated heterocycles. The van der Waals surface area contributed by atoms with Crippen molar-refractivity contribution in [3.8, 4) is 5.75 Å². The van der Waals surface area contributed by atoms with Gasteiger partial charge in [0.25, 0.3) is 0 Å². The van der Waals surface area contributed by atoms with Crippen LogP contribution in [0.3, 0.4) is 0 Å². The lowest BCUT2D eigenvalue weighted by atomic mass is 10.1. The van der Waals surface area contributed by atoms with Crippen molar-refractivity contribution in [2.75, 3.05) is 11.1 Å². The van der Waals surface area contributed by atoms with Gasteiger partial charge >= 0.3 is 0 Å². The van der Waals surface area contributed by atoms with Crippen molar-refractivity contribution < 1.29 is 9.53 Å². The number of para-hydroxylation sites is 1. The van der Waals surface area contributed by atoms with Gasteiger partial charge in [-0.05, 0) is 55.7 Å². The van der Waals surface area contributed by atoms with E-state index in [4.69, 9.17) is 4.74 Å². The Morgan fingerprint density at radius 3 is 2.55 bits per heavy atom. The summed E-state index contributed by atoms with van der Waals surface area (Å²) >= 11 is 4.80. The molecule has 1 heterocycles. The highest BCUT2D eigenvalue weighted by molar-refractivity contribution is 9.10. The minimum absolute atomic E-state index is 0.0898. The molecule has 3 aromatic rings. The van der Waals surface area contributed by atoms with Gasteiger partial charge in [-0.1, -0.05) is 45.9 Å². The fourth-order valence-electron chi connectivity index (χ4n) is 2.81. The summed E-state index contributed by atoms with van der Waals surface area (Å²) in [6, 6.07) is 11.8. The molecule has 152 valence electrons. The Balaban J connectivity index is 1.56. The van der Waals surface area contributed by atoms with E-state index in [-0.39, 0.29) is 11.7 Å². The molecule has 6 nitrogen and oxygen atoms in total. The third-order valence-electron chi connectivity index (χ3n) is 4.45. The van der Waals surface area contributed by atoms with Crippen LogP contribution in [0.5, 0.6) is 5.75 Å². The lowest BCUT2D eigenvalue weighted by Crippen LogP contribution is -2.14. The van der Waals surface area contributed by atoms with Crippen LogP contribution in [0.15, 0.2) is 46.0 Å². The zero-order valence-electron chi connectivity index (χ0n) is 16.8. The summed E-state index contributed by atoms with van der Waals surface area (Å²) in [5.74, 6) is 1.74. The average Bonchev–Trinajstić information content (AvgIpc) is 3.02. The maximum Gasteiger partial charge on any atom is 0.234 e. The molecule has 3 rings (SSSR count). The average molecular weight is 475 g/mol. The van der Waals surface area contributed by atoms with Gasteiger partial charge < -0.3 is 14.6 Å². The number of amides is 1. The topological polar surface area (TPSA) is 69.0 Å². The molecule has 0 aliphatic rings. The fraction of sp³-hybridized carbons (Fsp3) is 0.286. The number of hydrogen-bond donors (Lipinski definition) is 1. The summed E-state index contributed by atoms with van der Waals surface area (Å²) in [6.45, 7) is 6.34. The van der Waals surface area contributed by atoms with Gasteiger partial charge in [0.05, 0.1) is 5.75 Å². The number of aromatic nitrogens is 3. The first kappa shape index (κ1) is 21.4. The van der Waals surface area contributed by atoms with E-state index in [0.717, 1.165) is 32.6 Å². The molecule has 0 radical (unpaired) electrons. The minimum atomic E-state index is -0.0898. The standard InChI is InChI=1S/C21H23BrN4O2S/c1-13-6-5-7-14(2)20(13)28-11-18-24-25-21(26(18)4)29-12-19(27)23-16-8-9-17(22)15(3)10-16/h5-10H,11-12H2,1-4H3,(H,23,27). The van der Waals surface area contributed by atoms with Gasteiger partial charge in [0.1, 0.15) is 12.4 Å². The van der Waals surface area contributed by atoms with Gasteiger partial charge in [-0.2, -0.15) is 0 Å². The Hall–Kier alpha value is -2.32. The van der Waals surface area contributed by atoms with E-state index in [1.54, 1.807) is 0 Å². The number of hydrogen-bond acceptors (Lipinski definition) is 5. The summed E-state index contributed by atoms with van der Waals surface area (Å²) in [4.78, 5) is 12.3. The highest BCUT2D eigenvalue weighted by Gasteiger charge is 2.13. The van der Waals surface area contributed by atoms with Crippen LogP contribution >= 0.6 is 27.7 Å². The monoisotopic (exact) mass is 474 g/mol. The van der Waals surface area contributed by atoms with E-state index in [2.05, 4.69) is 31.4 Å². The van der Waals surface area contributed by atoms with Crippen molar-refractivity contribution in [3.05, 3.63) is 63.4 Å². The third-order valence-corrected chi connectivity index (χ3v) is 6.36. The molecule has 0 bridgehead atoms. The second-order valence-electron chi connectivity index (χ2n) is 6.77. The smallest absolute Gasteiger partial charge is 0.234 e. The van der Waals surface area contributed by atoms with Gasteiger partial charge in [0.15, 0.2) is 11.0 Å². The number of ether oxygens (including phenoxy) is 1. The summed E-state index contributed by atoms with van der Waals surface area (Å²) in [7, 11) is 1.88. The van der Waals surface area contributed by atoms with Crippen LogP contribution in [0.4, 0.5) is 5.69 Å². The van der Waals surface area contributed by atoms with Gasteiger partial charge in [0, 0.05) is 17.2 Å². The SMILES string of the molecule is Cc1cc(NC(=O)CSc2nnc(COc3c(C)cccc3C)n2C)ccc1Br. The Bertz CT molecular complexity index is 1020. The number of benzene rings is 2. The summed E-state index contributed by atoms with van der Waals surface area (Å²) < 4.78 is 8.83. The first-order chi connectivity index (χ1) is 13.8. The largest absolute Gasteiger partial charge is 0.485 e. The van der Waals surface area contributed by atoms with Gasteiger partial charge in [-0.15, -0.1) is 10.2 Å². The maximum absolute atomic E-state index is 12.3. The van der Waals surface area contributed by atoms with E-state index in [0.29, 0.717) is 17.6 Å². The molecule has 2 aromatic carbocycles.